The monoisotopic (exact) mass is 646 g/mol. The summed E-state index contributed by atoms with van der Waals surface area (Å²) >= 11 is 0. The van der Waals surface area contributed by atoms with E-state index in [1.165, 1.54) is 27.7 Å². The molecule has 0 aliphatic carbocycles. The maximum Gasteiger partial charge on any atom is 0.426 e. The minimum absolute atomic E-state index is 0.176. The fraction of sp³-hybridized carbons (Fsp3) is 0.517. The molecule has 3 aromatic rings. The Morgan fingerprint density at radius 1 is 1.11 bits per heavy atom. The van der Waals surface area contributed by atoms with Crippen molar-refractivity contribution in [3.63, 3.8) is 0 Å². The average molecular weight is 647 g/mol. The van der Waals surface area contributed by atoms with E-state index in [1.54, 1.807) is 30.3 Å². The molecule has 1 aliphatic rings. The van der Waals surface area contributed by atoms with E-state index in [4.69, 9.17) is 18.6 Å². The summed E-state index contributed by atoms with van der Waals surface area (Å²) in [5, 5.41) is 20.0. The third kappa shape index (κ3) is 8.22. The summed E-state index contributed by atoms with van der Waals surface area (Å²) in [6.07, 6.45) is -15.1. The normalized spacial score (nSPS) is 21.4. The molecule has 0 radical (unpaired) electrons. The van der Waals surface area contributed by atoms with Gasteiger partial charge >= 0.3 is 18.4 Å². The number of pyridine rings is 1. The van der Waals surface area contributed by atoms with Crippen LogP contribution < -0.4 is 10.1 Å². The zero-order valence-corrected chi connectivity index (χ0v) is 24.8. The lowest BCUT2D eigenvalue weighted by Crippen LogP contribution is -2.45. The van der Waals surface area contributed by atoms with Crippen LogP contribution in [-0.2, 0) is 27.9 Å². The molecule has 45 heavy (non-hydrogen) atoms. The van der Waals surface area contributed by atoms with Crippen molar-refractivity contribution < 1.29 is 54.9 Å². The Kier molecular flexibility index (Phi) is 9.68. The number of rotatable bonds is 4. The van der Waals surface area contributed by atoms with E-state index < -0.39 is 89.5 Å². The maximum atomic E-state index is 15.0. The maximum absolute atomic E-state index is 15.0. The first-order valence-corrected chi connectivity index (χ1v) is 13.9. The molecular formula is C29H32F6N4O6. The zero-order chi connectivity index (χ0) is 33.2. The third-order valence-corrected chi connectivity index (χ3v) is 6.67. The molecule has 4 rings (SSSR count). The molecule has 1 amide bonds. The van der Waals surface area contributed by atoms with Crippen LogP contribution in [0, 0.1) is 0 Å². The summed E-state index contributed by atoms with van der Waals surface area (Å²) in [5.74, 6) is -2.78. The molecule has 4 bridgehead atoms. The van der Waals surface area contributed by atoms with Gasteiger partial charge in [-0.15, -0.1) is 10.2 Å². The fourth-order valence-electron chi connectivity index (χ4n) is 4.64. The molecule has 3 heterocycles. The number of nitrogens with one attached hydrogen (secondary N) is 1. The standard InChI is InChI=1S/C29H32F6N4O6/c1-16-13-18(40)11-8-12-27(29(33,34)35,42-15-17-9-6-5-7-10-17)24-39-38-23(44-24)21-20(36-25(41)45-26(2,3)4)14-19(28(30,31)32)22(37-21)43-16/h5-7,9-10,14,16,18,40H,8,11-13,15H2,1-4H3,(H,36,41)/t16-,18?,27-/m1/s1. The topological polar surface area (TPSA) is 129 Å². The molecule has 0 fully saturated rings. The molecule has 246 valence electrons. The summed E-state index contributed by atoms with van der Waals surface area (Å²) in [5.41, 5.74) is -6.51. The highest BCUT2D eigenvalue weighted by atomic mass is 19.4. The van der Waals surface area contributed by atoms with E-state index in [1.807, 2.05) is 0 Å². The Balaban J connectivity index is 1.91. The van der Waals surface area contributed by atoms with E-state index in [-0.39, 0.29) is 19.3 Å². The van der Waals surface area contributed by atoms with Crippen LogP contribution >= 0.6 is 0 Å². The first-order valence-electron chi connectivity index (χ1n) is 13.9. The molecule has 0 saturated carbocycles. The number of amides is 1. The molecule has 3 atom stereocenters. The molecule has 2 N–H and O–H groups in total. The van der Waals surface area contributed by atoms with E-state index in [2.05, 4.69) is 20.5 Å². The van der Waals surface area contributed by atoms with Crippen LogP contribution in [0.15, 0.2) is 40.8 Å². The number of aliphatic hydroxyl groups is 1. The molecule has 2 aromatic heterocycles. The van der Waals surface area contributed by atoms with E-state index in [0.29, 0.717) is 11.6 Å². The molecule has 1 unspecified atom stereocenters. The zero-order valence-electron chi connectivity index (χ0n) is 24.8. The van der Waals surface area contributed by atoms with Crippen LogP contribution in [0.2, 0.25) is 0 Å². The average Bonchev–Trinajstić information content (AvgIpc) is 3.39. The van der Waals surface area contributed by atoms with Gasteiger partial charge in [-0.3, -0.25) is 5.32 Å². The highest BCUT2D eigenvalue weighted by molar-refractivity contribution is 5.89. The highest BCUT2D eigenvalue weighted by Gasteiger charge is 2.61. The van der Waals surface area contributed by atoms with Gasteiger partial charge in [0, 0.05) is 6.42 Å². The van der Waals surface area contributed by atoms with Crippen LogP contribution in [0.25, 0.3) is 11.6 Å². The number of carbonyl (C=O) groups excluding carboxylic acids is 1. The third-order valence-electron chi connectivity index (χ3n) is 6.67. The van der Waals surface area contributed by atoms with Crippen molar-refractivity contribution in [3.05, 3.63) is 53.4 Å². The van der Waals surface area contributed by atoms with Gasteiger partial charge in [0.05, 0.1) is 18.4 Å². The SMILES string of the molecule is C[C@@H]1CC(O)CCC[C@](OCc2ccccc2)(C(F)(F)F)c2nnc(o2)-c2nc(c(C(F)(F)F)cc2NC(=O)OC(C)(C)C)O1. The predicted octanol–water partition coefficient (Wildman–Crippen LogP) is 7.17. The van der Waals surface area contributed by atoms with Gasteiger partial charge in [0.25, 0.3) is 11.8 Å². The van der Waals surface area contributed by atoms with Crippen LogP contribution in [0.4, 0.5) is 36.8 Å². The number of hydrogen-bond acceptors (Lipinski definition) is 9. The van der Waals surface area contributed by atoms with Crippen molar-refractivity contribution in [2.24, 2.45) is 0 Å². The van der Waals surface area contributed by atoms with Gasteiger partial charge in [-0.05, 0) is 58.6 Å². The summed E-state index contributed by atoms with van der Waals surface area (Å²) in [7, 11) is 0. The number of nitrogens with zero attached hydrogens (tertiary/aromatic N) is 3. The minimum atomic E-state index is -5.12. The number of benzene rings is 1. The number of carbonyl (C=O) groups is 1. The Labute approximate surface area is 254 Å². The van der Waals surface area contributed by atoms with Crippen LogP contribution in [0.3, 0.4) is 0 Å². The molecule has 10 nitrogen and oxygen atoms in total. The Hall–Kier alpha value is -3.92. The number of aromatic nitrogens is 3. The Bertz CT molecular complexity index is 1470. The van der Waals surface area contributed by atoms with Crippen LogP contribution in [0.1, 0.15) is 70.4 Å². The molecule has 16 heteroatoms. The molecule has 1 aromatic carbocycles. The predicted molar refractivity (Wildman–Crippen MR) is 146 cm³/mol. The largest absolute Gasteiger partial charge is 0.474 e. The summed E-state index contributed by atoms with van der Waals surface area (Å²) in [6.45, 7) is 5.40. The summed E-state index contributed by atoms with van der Waals surface area (Å²) < 4.78 is 109. The lowest BCUT2D eigenvalue weighted by atomic mass is 9.93. The molecular weight excluding hydrogens is 614 g/mol. The lowest BCUT2D eigenvalue weighted by molar-refractivity contribution is -0.300. The second kappa shape index (κ2) is 12.8. The van der Waals surface area contributed by atoms with Crippen molar-refractivity contribution in [1.82, 2.24) is 15.2 Å². The number of alkyl halides is 6. The second-order valence-electron chi connectivity index (χ2n) is 11.6. The highest BCUT2D eigenvalue weighted by Crippen LogP contribution is 2.48. The number of fused-ring (bicyclic) bond motifs is 5. The van der Waals surface area contributed by atoms with E-state index >= 15 is 0 Å². The summed E-state index contributed by atoms with van der Waals surface area (Å²) in [6, 6.07) is 8.49. The van der Waals surface area contributed by atoms with Crippen LogP contribution in [-0.4, -0.2) is 50.4 Å². The first kappa shape index (κ1) is 34.0. The van der Waals surface area contributed by atoms with Crippen molar-refractivity contribution >= 4 is 11.8 Å². The van der Waals surface area contributed by atoms with Gasteiger partial charge in [-0.2, -0.15) is 26.3 Å². The van der Waals surface area contributed by atoms with Gasteiger partial charge in [0.15, 0.2) is 5.69 Å². The number of hydrogen-bond donors (Lipinski definition) is 2. The molecule has 0 saturated heterocycles. The first-order chi connectivity index (χ1) is 20.9. The summed E-state index contributed by atoms with van der Waals surface area (Å²) in [4.78, 5) is 16.5. The van der Waals surface area contributed by atoms with Crippen molar-refractivity contribution in [1.29, 1.82) is 0 Å². The Morgan fingerprint density at radius 2 is 1.80 bits per heavy atom. The smallest absolute Gasteiger partial charge is 0.426 e. The van der Waals surface area contributed by atoms with Gasteiger partial charge in [-0.1, -0.05) is 30.3 Å². The fourth-order valence-corrected chi connectivity index (χ4v) is 4.64. The number of anilines is 1. The van der Waals surface area contributed by atoms with Gasteiger partial charge < -0.3 is 23.7 Å². The number of halogens is 6. The molecule has 1 aliphatic heterocycles. The van der Waals surface area contributed by atoms with Gasteiger partial charge in [-0.25, -0.2) is 9.78 Å². The Morgan fingerprint density at radius 3 is 2.42 bits per heavy atom. The van der Waals surface area contributed by atoms with Crippen molar-refractivity contribution in [2.75, 3.05) is 5.32 Å². The number of ether oxygens (including phenoxy) is 3. The minimum Gasteiger partial charge on any atom is -0.474 e. The van der Waals surface area contributed by atoms with Crippen LogP contribution in [0.5, 0.6) is 5.88 Å². The van der Waals surface area contributed by atoms with Gasteiger partial charge in [0.2, 0.25) is 11.5 Å². The molecule has 0 spiro atoms. The van der Waals surface area contributed by atoms with Crippen molar-refractivity contribution in [3.8, 4) is 17.5 Å². The van der Waals surface area contributed by atoms with E-state index in [0.717, 1.165) is 0 Å². The second-order valence-corrected chi connectivity index (χ2v) is 11.6. The van der Waals surface area contributed by atoms with E-state index in [9.17, 15) is 36.2 Å². The quantitative estimate of drug-likeness (QED) is 0.283. The number of aliphatic hydroxyl groups excluding tert-OH is 1. The lowest BCUT2D eigenvalue weighted by Gasteiger charge is -2.33. The van der Waals surface area contributed by atoms with Crippen molar-refractivity contribution in [2.45, 2.75) is 95.7 Å². The van der Waals surface area contributed by atoms with Gasteiger partial charge in [0.1, 0.15) is 17.3 Å².